The van der Waals surface area contributed by atoms with Crippen molar-refractivity contribution in [3.05, 3.63) is 118 Å². The Hall–Kier alpha value is -5.24. The van der Waals surface area contributed by atoms with Crippen molar-refractivity contribution in [2.24, 2.45) is 5.10 Å². The number of para-hydroxylation sites is 1. The molecule has 200 valence electrons. The molecule has 0 unspecified atom stereocenters. The lowest BCUT2D eigenvalue weighted by Gasteiger charge is -2.12. The molecule has 5 rings (SSSR count). The number of carbonyl (C=O) groups excluding carboxylic acids is 1. The second-order valence-electron chi connectivity index (χ2n) is 8.94. The van der Waals surface area contributed by atoms with Gasteiger partial charge in [-0.25, -0.2) is 9.78 Å². The van der Waals surface area contributed by atoms with E-state index in [0.717, 1.165) is 5.56 Å². The molecule has 0 spiro atoms. The number of methoxy groups -OCH3 is 1. The number of nitrogens with zero attached hydrogens (tertiary/aromatic N) is 3. The number of esters is 1. The molecule has 0 aliphatic carbocycles. The van der Waals surface area contributed by atoms with Crippen molar-refractivity contribution in [3.8, 4) is 28.6 Å². The van der Waals surface area contributed by atoms with Crippen molar-refractivity contribution in [3.63, 3.8) is 0 Å². The second-order valence-corrected chi connectivity index (χ2v) is 8.94. The largest absolute Gasteiger partial charge is 0.497 e. The van der Waals surface area contributed by atoms with Gasteiger partial charge in [-0.1, -0.05) is 29.8 Å². The quantitative estimate of drug-likeness (QED) is 0.141. The zero-order valence-corrected chi connectivity index (χ0v) is 22.3. The first-order valence-corrected chi connectivity index (χ1v) is 12.7. The number of rotatable bonds is 8. The monoisotopic (exact) mass is 533 g/mol. The average Bonchev–Trinajstić information content (AvgIpc) is 2.98. The van der Waals surface area contributed by atoms with Crippen LogP contribution in [0.2, 0.25) is 0 Å². The van der Waals surface area contributed by atoms with Crippen molar-refractivity contribution < 1.29 is 19.0 Å². The number of ether oxygens (including phenoxy) is 3. The average molecular weight is 534 g/mol. The zero-order valence-electron chi connectivity index (χ0n) is 22.3. The highest BCUT2D eigenvalue weighted by atomic mass is 16.6. The summed E-state index contributed by atoms with van der Waals surface area (Å²) in [5.41, 5.74) is 3.09. The summed E-state index contributed by atoms with van der Waals surface area (Å²) in [6, 6.07) is 26.6. The van der Waals surface area contributed by atoms with Crippen molar-refractivity contribution in [2.75, 3.05) is 13.7 Å². The van der Waals surface area contributed by atoms with Gasteiger partial charge in [-0.2, -0.15) is 9.78 Å². The minimum atomic E-state index is -0.486. The van der Waals surface area contributed by atoms with Crippen LogP contribution in [0.25, 0.3) is 22.3 Å². The summed E-state index contributed by atoms with van der Waals surface area (Å²) in [6.45, 7) is 4.16. The number of aryl methyl sites for hydroxylation is 1. The lowest BCUT2D eigenvalue weighted by atomic mass is 10.1. The molecule has 0 atom stereocenters. The predicted octanol–water partition coefficient (Wildman–Crippen LogP) is 5.88. The minimum Gasteiger partial charge on any atom is -0.497 e. The van der Waals surface area contributed by atoms with E-state index in [4.69, 9.17) is 19.2 Å². The topological polar surface area (TPSA) is 92.0 Å². The van der Waals surface area contributed by atoms with E-state index in [9.17, 15) is 9.59 Å². The van der Waals surface area contributed by atoms with Gasteiger partial charge in [0.15, 0.2) is 17.3 Å². The van der Waals surface area contributed by atoms with Crippen LogP contribution in [-0.4, -0.2) is 35.6 Å². The molecular formula is C32H27N3O5. The van der Waals surface area contributed by atoms with Gasteiger partial charge in [-0.3, -0.25) is 4.79 Å². The predicted molar refractivity (Wildman–Crippen MR) is 155 cm³/mol. The van der Waals surface area contributed by atoms with Gasteiger partial charge in [0.25, 0.3) is 5.56 Å². The molecule has 1 aromatic heterocycles. The summed E-state index contributed by atoms with van der Waals surface area (Å²) in [7, 11) is 1.59. The van der Waals surface area contributed by atoms with Gasteiger partial charge in [0.05, 0.1) is 36.4 Å². The van der Waals surface area contributed by atoms with Crippen LogP contribution in [0.15, 0.2) is 101 Å². The molecule has 8 nitrogen and oxygen atoms in total. The van der Waals surface area contributed by atoms with Crippen molar-refractivity contribution in [2.45, 2.75) is 13.8 Å². The normalized spacial score (nSPS) is 11.1. The van der Waals surface area contributed by atoms with Crippen molar-refractivity contribution in [1.82, 2.24) is 9.66 Å². The molecule has 0 radical (unpaired) electrons. The van der Waals surface area contributed by atoms with Crippen LogP contribution in [0, 0.1) is 6.92 Å². The zero-order chi connectivity index (χ0) is 28.1. The summed E-state index contributed by atoms with van der Waals surface area (Å²) >= 11 is 0. The molecule has 0 fully saturated rings. The number of hydrogen-bond donors (Lipinski definition) is 0. The van der Waals surface area contributed by atoms with Gasteiger partial charge in [-0.05, 0) is 86.1 Å². The molecule has 0 bridgehead atoms. The van der Waals surface area contributed by atoms with Crippen LogP contribution >= 0.6 is 0 Å². The number of aromatic nitrogens is 2. The van der Waals surface area contributed by atoms with E-state index in [1.165, 1.54) is 4.68 Å². The summed E-state index contributed by atoms with van der Waals surface area (Å²) in [6.07, 6.45) is 1.54. The van der Waals surface area contributed by atoms with Crippen LogP contribution < -0.4 is 19.8 Å². The molecule has 0 N–H and O–H groups in total. The SMILES string of the molecule is CCOc1cc(C=Nn2c(-c3ccc(OC)cc3)nc3ccccc3c2=O)ccc1OC(=O)c1ccc(C)cc1. The lowest BCUT2D eigenvalue weighted by molar-refractivity contribution is 0.0728. The van der Waals surface area contributed by atoms with Gasteiger partial charge >= 0.3 is 5.97 Å². The molecule has 40 heavy (non-hydrogen) atoms. The van der Waals surface area contributed by atoms with E-state index in [2.05, 4.69) is 5.10 Å². The number of carbonyl (C=O) groups is 1. The third kappa shape index (κ3) is 5.61. The summed E-state index contributed by atoms with van der Waals surface area (Å²) in [5.74, 6) is 1.25. The molecule has 8 heteroatoms. The van der Waals surface area contributed by atoms with Crippen molar-refractivity contribution in [1.29, 1.82) is 0 Å². The van der Waals surface area contributed by atoms with E-state index in [-0.39, 0.29) is 11.3 Å². The second kappa shape index (κ2) is 11.7. The van der Waals surface area contributed by atoms with E-state index in [1.807, 2.05) is 44.2 Å². The third-order valence-corrected chi connectivity index (χ3v) is 6.18. The Labute approximate surface area is 231 Å². The van der Waals surface area contributed by atoms with Gasteiger partial charge < -0.3 is 14.2 Å². The Morgan fingerprint density at radius 2 is 1.70 bits per heavy atom. The number of hydrogen-bond acceptors (Lipinski definition) is 7. The maximum absolute atomic E-state index is 13.5. The van der Waals surface area contributed by atoms with Crippen LogP contribution in [0.1, 0.15) is 28.4 Å². The fraction of sp³-hybridized carbons (Fsp3) is 0.125. The third-order valence-electron chi connectivity index (χ3n) is 6.18. The Morgan fingerprint density at radius 1 is 0.950 bits per heavy atom. The number of fused-ring (bicyclic) bond motifs is 1. The first kappa shape index (κ1) is 26.4. The van der Waals surface area contributed by atoms with E-state index >= 15 is 0 Å². The first-order chi connectivity index (χ1) is 19.5. The molecule has 0 aliphatic heterocycles. The van der Waals surface area contributed by atoms with Crippen LogP contribution in [0.5, 0.6) is 17.2 Å². The molecule has 4 aromatic carbocycles. The Balaban J connectivity index is 1.51. The fourth-order valence-corrected chi connectivity index (χ4v) is 4.09. The van der Waals surface area contributed by atoms with Crippen LogP contribution in [0.4, 0.5) is 0 Å². The Bertz CT molecular complexity index is 1760. The van der Waals surface area contributed by atoms with Gasteiger partial charge in [0.1, 0.15) is 5.75 Å². The van der Waals surface area contributed by atoms with E-state index in [1.54, 1.807) is 74.0 Å². The lowest BCUT2D eigenvalue weighted by Crippen LogP contribution is -2.20. The van der Waals surface area contributed by atoms with Crippen LogP contribution in [-0.2, 0) is 0 Å². The van der Waals surface area contributed by atoms with E-state index < -0.39 is 5.97 Å². The fourth-order valence-electron chi connectivity index (χ4n) is 4.09. The van der Waals surface area contributed by atoms with Gasteiger partial charge in [0, 0.05) is 5.56 Å². The van der Waals surface area contributed by atoms with E-state index in [0.29, 0.717) is 51.5 Å². The first-order valence-electron chi connectivity index (χ1n) is 12.7. The molecule has 5 aromatic rings. The van der Waals surface area contributed by atoms with Crippen LogP contribution in [0.3, 0.4) is 0 Å². The Kier molecular flexibility index (Phi) is 7.68. The number of benzene rings is 4. The summed E-state index contributed by atoms with van der Waals surface area (Å²) in [5, 5.41) is 4.96. The highest BCUT2D eigenvalue weighted by Crippen LogP contribution is 2.29. The minimum absolute atomic E-state index is 0.285. The Morgan fingerprint density at radius 3 is 2.42 bits per heavy atom. The smallest absolute Gasteiger partial charge is 0.343 e. The highest BCUT2D eigenvalue weighted by molar-refractivity contribution is 5.91. The summed E-state index contributed by atoms with van der Waals surface area (Å²) in [4.78, 5) is 30.9. The molecular weight excluding hydrogens is 506 g/mol. The molecule has 0 saturated carbocycles. The summed E-state index contributed by atoms with van der Waals surface area (Å²) < 4.78 is 17.9. The molecule has 0 saturated heterocycles. The maximum atomic E-state index is 13.5. The highest BCUT2D eigenvalue weighted by Gasteiger charge is 2.15. The van der Waals surface area contributed by atoms with Crippen molar-refractivity contribution >= 4 is 23.1 Å². The molecule has 0 aliphatic rings. The van der Waals surface area contributed by atoms with Gasteiger partial charge in [0.2, 0.25) is 0 Å². The standard InChI is InChI=1S/C32H27N3O5/c1-4-39-29-19-22(11-18-28(29)40-32(37)24-12-9-21(2)10-13-24)20-33-35-30(23-14-16-25(38-3)17-15-23)34-27-8-6-5-7-26(27)31(35)36/h5-20H,4H2,1-3H3. The van der Waals surface area contributed by atoms with Gasteiger partial charge in [-0.15, -0.1) is 0 Å². The molecule has 0 amide bonds. The molecule has 1 heterocycles. The maximum Gasteiger partial charge on any atom is 0.343 e.